The van der Waals surface area contributed by atoms with Gasteiger partial charge in [0, 0.05) is 0 Å². The molecule has 0 unspecified atom stereocenters. The summed E-state index contributed by atoms with van der Waals surface area (Å²) in [5.74, 6) is 0. The molecule has 0 saturated carbocycles. The van der Waals surface area contributed by atoms with Crippen LogP contribution in [0.2, 0.25) is 0 Å². The Balaban J connectivity index is 0.000000671. The highest BCUT2D eigenvalue weighted by Gasteiger charge is 1.98. The van der Waals surface area contributed by atoms with E-state index in [0.717, 1.165) is 10.7 Å². The Morgan fingerprint density at radius 2 is 1.92 bits per heavy atom. The zero-order valence-electron chi connectivity index (χ0n) is 8.79. The fourth-order valence-corrected chi connectivity index (χ4v) is 1.70. The van der Waals surface area contributed by atoms with Crippen LogP contribution in [0.3, 0.4) is 0 Å². The highest BCUT2D eigenvalue weighted by atomic mass is 32.1. The van der Waals surface area contributed by atoms with Gasteiger partial charge in [-0.3, -0.25) is 0 Å². The molecule has 0 amide bonds. The molecule has 0 aromatic carbocycles. The van der Waals surface area contributed by atoms with Crippen LogP contribution in [0.5, 0.6) is 0 Å². The summed E-state index contributed by atoms with van der Waals surface area (Å²) >= 11 is 1.71. The summed E-state index contributed by atoms with van der Waals surface area (Å²) in [7, 11) is 0. The Morgan fingerprint density at radius 1 is 1.31 bits per heavy atom. The van der Waals surface area contributed by atoms with Crippen molar-refractivity contribution in [3.63, 3.8) is 0 Å². The Bertz CT molecular complexity index is 284. The maximum absolute atomic E-state index is 4.30. The number of rotatable bonds is 2. The second-order valence-corrected chi connectivity index (χ2v) is 3.51. The maximum Gasteiger partial charge on any atom is 0.0903 e. The molecular formula is C11H17NS. The smallest absolute Gasteiger partial charge is 0.0903 e. The molecule has 0 saturated heterocycles. The molecule has 2 heteroatoms. The first kappa shape index (κ1) is 12.1. The molecule has 1 rings (SSSR count). The molecule has 0 aliphatic rings. The van der Waals surface area contributed by atoms with Crippen LogP contribution in [0.4, 0.5) is 0 Å². The van der Waals surface area contributed by atoms with Crippen LogP contribution in [0.1, 0.15) is 29.4 Å². The Morgan fingerprint density at radius 3 is 2.31 bits per heavy atom. The molecule has 0 spiro atoms. The van der Waals surface area contributed by atoms with Gasteiger partial charge in [-0.05, 0) is 19.9 Å². The minimum atomic E-state index is 1.10. The highest BCUT2D eigenvalue weighted by Crippen LogP contribution is 2.18. The standard InChI is InChI=1S/C9H11NS.C2H6/c1-4-5-6-9-7(2)10-8(3)11-9;1-2/h4-6H,1H2,2-3H3;1-2H3/b6-5-;. The van der Waals surface area contributed by atoms with E-state index in [1.807, 2.05) is 39.8 Å². The summed E-state index contributed by atoms with van der Waals surface area (Å²) in [6.45, 7) is 11.6. The zero-order valence-corrected chi connectivity index (χ0v) is 9.61. The second-order valence-electron chi connectivity index (χ2n) is 2.28. The van der Waals surface area contributed by atoms with E-state index in [-0.39, 0.29) is 0 Å². The van der Waals surface area contributed by atoms with E-state index in [4.69, 9.17) is 0 Å². The lowest BCUT2D eigenvalue weighted by Gasteiger charge is -1.83. The van der Waals surface area contributed by atoms with Crippen LogP contribution in [0.15, 0.2) is 18.7 Å². The molecular weight excluding hydrogens is 178 g/mol. The van der Waals surface area contributed by atoms with Crippen LogP contribution in [-0.2, 0) is 0 Å². The van der Waals surface area contributed by atoms with Crippen LogP contribution in [0.25, 0.3) is 6.08 Å². The molecule has 1 heterocycles. The van der Waals surface area contributed by atoms with Crippen LogP contribution < -0.4 is 0 Å². The van der Waals surface area contributed by atoms with Crippen molar-refractivity contribution < 1.29 is 0 Å². The summed E-state index contributed by atoms with van der Waals surface area (Å²) in [5.41, 5.74) is 1.10. The maximum atomic E-state index is 4.30. The number of hydrogen-bond acceptors (Lipinski definition) is 2. The van der Waals surface area contributed by atoms with Gasteiger partial charge in [-0.25, -0.2) is 4.98 Å². The molecule has 0 atom stereocenters. The van der Waals surface area contributed by atoms with Crippen molar-refractivity contribution >= 4 is 17.4 Å². The van der Waals surface area contributed by atoms with Crippen molar-refractivity contribution in [2.45, 2.75) is 27.7 Å². The lowest BCUT2D eigenvalue weighted by Crippen LogP contribution is -1.72. The number of allylic oxidation sites excluding steroid dienone is 2. The fourth-order valence-electron chi connectivity index (χ4n) is 0.857. The van der Waals surface area contributed by atoms with Crippen molar-refractivity contribution in [1.82, 2.24) is 4.98 Å². The SMILES string of the molecule is C=C/C=C\c1sc(C)nc1C.CC. The van der Waals surface area contributed by atoms with Gasteiger partial charge in [-0.15, -0.1) is 11.3 Å². The largest absolute Gasteiger partial charge is 0.246 e. The monoisotopic (exact) mass is 195 g/mol. The molecule has 0 aliphatic heterocycles. The molecule has 13 heavy (non-hydrogen) atoms. The molecule has 0 radical (unpaired) electrons. The summed E-state index contributed by atoms with van der Waals surface area (Å²) < 4.78 is 0. The van der Waals surface area contributed by atoms with Crippen LogP contribution in [-0.4, -0.2) is 4.98 Å². The summed E-state index contributed by atoms with van der Waals surface area (Å²) in [5, 5.41) is 1.12. The normalized spacial score (nSPS) is 9.54. The molecule has 1 nitrogen and oxygen atoms in total. The molecule has 72 valence electrons. The Labute approximate surface area is 84.8 Å². The van der Waals surface area contributed by atoms with Crippen LogP contribution >= 0.6 is 11.3 Å². The van der Waals surface area contributed by atoms with E-state index in [0.29, 0.717) is 0 Å². The van der Waals surface area contributed by atoms with Crippen molar-refractivity contribution in [1.29, 1.82) is 0 Å². The van der Waals surface area contributed by atoms with Gasteiger partial charge in [0.2, 0.25) is 0 Å². The predicted octanol–water partition coefficient (Wildman–Crippen LogP) is 3.99. The number of aryl methyl sites for hydroxylation is 2. The molecule has 1 aromatic rings. The molecule has 1 aromatic heterocycles. The fraction of sp³-hybridized carbons (Fsp3) is 0.364. The average molecular weight is 195 g/mol. The van der Waals surface area contributed by atoms with E-state index in [2.05, 4.69) is 11.6 Å². The minimum absolute atomic E-state index is 1.10. The second kappa shape index (κ2) is 6.61. The third kappa shape index (κ3) is 4.04. The number of hydrogen-bond donors (Lipinski definition) is 0. The highest BCUT2D eigenvalue weighted by molar-refractivity contribution is 7.12. The van der Waals surface area contributed by atoms with Gasteiger partial charge in [0.15, 0.2) is 0 Å². The topological polar surface area (TPSA) is 12.9 Å². The van der Waals surface area contributed by atoms with E-state index in [1.165, 1.54) is 4.88 Å². The summed E-state index contributed by atoms with van der Waals surface area (Å²) in [6.07, 6.45) is 5.74. The third-order valence-corrected chi connectivity index (χ3v) is 2.36. The third-order valence-electron chi connectivity index (χ3n) is 1.32. The predicted molar refractivity (Wildman–Crippen MR) is 62.2 cm³/mol. The van der Waals surface area contributed by atoms with Gasteiger partial charge in [0.05, 0.1) is 15.6 Å². The number of aromatic nitrogens is 1. The molecule has 0 bridgehead atoms. The van der Waals surface area contributed by atoms with Crippen molar-refractivity contribution in [2.75, 3.05) is 0 Å². The van der Waals surface area contributed by atoms with Gasteiger partial charge in [-0.1, -0.05) is 32.6 Å². The van der Waals surface area contributed by atoms with Crippen molar-refractivity contribution in [3.8, 4) is 0 Å². The lowest BCUT2D eigenvalue weighted by molar-refractivity contribution is 1.20. The molecule has 0 N–H and O–H groups in total. The quantitative estimate of drug-likeness (QED) is 0.650. The van der Waals surface area contributed by atoms with Crippen molar-refractivity contribution in [3.05, 3.63) is 34.3 Å². The van der Waals surface area contributed by atoms with Crippen LogP contribution in [0, 0.1) is 13.8 Å². The van der Waals surface area contributed by atoms with E-state index >= 15 is 0 Å². The van der Waals surface area contributed by atoms with E-state index < -0.39 is 0 Å². The van der Waals surface area contributed by atoms with Crippen molar-refractivity contribution in [2.24, 2.45) is 0 Å². The average Bonchev–Trinajstić information content (AvgIpc) is 2.45. The van der Waals surface area contributed by atoms with Gasteiger partial charge in [0.1, 0.15) is 0 Å². The minimum Gasteiger partial charge on any atom is -0.246 e. The molecule has 0 aliphatic carbocycles. The van der Waals surface area contributed by atoms with E-state index in [1.54, 1.807) is 17.4 Å². The number of thiazole rings is 1. The Hall–Kier alpha value is -0.890. The van der Waals surface area contributed by atoms with Gasteiger partial charge in [-0.2, -0.15) is 0 Å². The molecule has 0 fully saturated rings. The van der Waals surface area contributed by atoms with Gasteiger partial charge >= 0.3 is 0 Å². The lowest BCUT2D eigenvalue weighted by atomic mass is 10.3. The Kier molecular flexibility index (Phi) is 6.15. The summed E-state index contributed by atoms with van der Waals surface area (Å²) in [6, 6.07) is 0. The first-order valence-corrected chi connectivity index (χ1v) is 5.29. The first-order valence-electron chi connectivity index (χ1n) is 4.47. The summed E-state index contributed by atoms with van der Waals surface area (Å²) in [4.78, 5) is 5.52. The number of nitrogens with zero attached hydrogens (tertiary/aromatic N) is 1. The van der Waals surface area contributed by atoms with Gasteiger partial charge in [0.25, 0.3) is 0 Å². The zero-order chi connectivity index (χ0) is 10.3. The van der Waals surface area contributed by atoms with E-state index in [9.17, 15) is 0 Å². The first-order chi connectivity index (χ1) is 6.24. The van der Waals surface area contributed by atoms with Gasteiger partial charge < -0.3 is 0 Å².